The lowest BCUT2D eigenvalue weighted by Gasteiger charge is -2.62. The molecule has 0 spiro atoms. The topological polar surface area (TPSA) is 102 Å². The Balaban J connectivity index is 1.40. The fraction of sp³-hybridized carbons (Fsp3) is 0.905. The van der Waals surface area contributed by atoms with Crippen LogP contribution in [0.5, 0.6) is 0 Å². The Labute approximate surface area is 184 Å². The fourth-order valence-corrected chi connectivity index (χ4v) is 9.14. The fourth-order valence-electron chi connectivity index (χ4n) is 6.70. The molecule has 5 rings (SSSR count). The summed E-state index contributed by atoms with van der Waals surface area (Å²) in [7, 11) is -3.22. The third kappa shape index (κ3) is 4.67. The second kappa shape index (κ2) is 8.61. The Morgan fingerprint density at radius 3 is 2.67 bits per heavy atom. The van der Waals surface area contributed by atoms with Gasteiger partial charge in [0.25, 0.3) is 0 Å². The van der Waals surface area contributed by atoms with Gasteiger partial charge in [-0.1, -0.05) is 13.3 Å². The van der Waals surface area contributed by atoms with Crippen molar-refractivity contribution in [2.24, 2.45) is 17.3 Å². The molecule has 4 saturated carbocycles. The summed E-state index contributed by atoms with van der Waals surface area (Å²) in [4.78, 5) is 14.4. The zero-order chi connectivity index (χ0) is 21.4. The molecule has 2 N–H and O–H groups in total. The monoisotopic (exact) mass is 454 g/mol. The number of nitrogens with one attached hydrogen (secondary N) is 2. The first-order valence-electron chi connectivity index (χ1n) is 11.3. The van der Waals surface area contributed by atoms with Crippen molar-refractivity contribution in [2.75, 3.05) is 30.5 Å². The van der Waals surface area contributed by atoms with E-state index in [9.17, 15) is 18.5 Å². The first kappa shape index (κ1) is 22.4. The number of nitriles is 1. The molecule has 4 bridgehead atoms. The number of sulfonamides is 1. The van der Waals surface area contributed by atoms with Gasteiger partial charge in [-0.15, -0.1) is 11.8 Å². The van der Waals surface area contributed by atoms with Crippen LogP contribution < -0.4 is 10.0 Å². The molecule has 5 aliphatic rings. The van der Waals surface area contributed by atoms with Gasteiger partial charge in [0.15, 0.2) is 0 Å². The average Bonchev–Trinajstić information content (AvgIpc) is 3.17. The Morgan fingerprint density at radius 1 is 1.27 bits per heavy atom. The van der Waals surface area contributed by atoms with Crippen molar-refractivity contribution >= 4 is 27.7 Å². The van der Waals surface area contributed by atoms with E-state index in [4.69, 9.17) is 0 Å². The number of thioether (sulfide) groups is 1. The van der Waals surface area contributed by atoms with Crippen molar-refractivity contribution in [3.8, 4) is 6.07 Å². The molecule has 0 aromatic carbocycles. The highest BCUT2D eigenvalue weighted by Gasteiger charge is 2.57. The van der Waals surface area contributed by atoms with E-state index in [0.29, 0.717) is 36.4 Å². The zero-order valence-electron chi connectivity index (χ0n) is 17.9. The molecule has 9 heteroatoms. The van der Waals surface area contributed by atoms with E-state index in [1.54, 1.807) is 16.7 Å². The second-order valence-corrected chi connectivity index (χ2v) is 13.0. The predicted octanol–water partition coefficient (Wildman–Crippen LogP) is 2.06. The summed E-state index contributed by atoms with van der Waals surface area (Å²) in [5.41, 5.74) is -0.0539. The number of amides is 1. The van der Waals surface area contributed by atoms with Crippen LogP contribution >= 0.6 is 11.8 Å². The molecule has 7 nitrogen and oxygen atoms in total. The molecule has 4 aliphatic carbocycles. The molecule has 168 valence electrons. The van der Waals surface area contributed by atoms with Gasteiger partial charge in [-0.25, -0.2) is 13.1 Å². The zero-order valence-corrected chi connectivity index (χ0v) is 19.5. The van der Waals surface area contributed by atoms with E-state index >= 15 is 0 Å². The molecule has 30 heavy (non-hydrogen) atoms. The molecule has 0 radical (unpaired) electrons. The largest absolute Gasteiger partial charge is 0.315 e. The summed E-state index contributed by atoms with van der Waals surface area (Å²) in [5.74, 6) is 2.74. The van der Waals surface area contributed by atoms with E-state index in [2.05, 4.69) is 16.1 Å². The van der Waals surface area contributed by atoms with Gasteiger partial charge in [0, 0.05) is 17.8 Å². The van der Waals surface area contributed by atoms with Crippen LogP contribution in [0.15, 0.2) is 0 Å². The lowest BCUT2D eigenvalue weighted by molar-refractivity contribution is -0.132. The van der Waals surface area contributed by atoms with Crippen molar-refractivity contribution in [1.82, 2.24) is 14.9 Å². The van der Waals surface area contributed by atoms with Crippen molar-refractivity contribution in [3.05, 3.63) is 0 Å². The van der Waals surface area contributed by atoms with E-state index in [-0.39, 0.29) is 35.2 Å². The van der Waals surface area contributed by atoms with Gasteiger partial charge in [-0.2, -0.15) is 5.26 Å². The van der Waals surface area contributed by atoms with Gasteiger partial charge in [0.2, 0.25) is 15.9 Å². The highest BCUT2D eigenvalue weighted by molar-refractivity contribution is 7.99. The van der Waals surface area contributed by atoms with E-state index < -0.39 is 10.0 Å². The van der Waals surface area contributed by atoms with Gasteiger partial charge < -0.3 is 10.2 Å². The Morgan fingerprint density at radius 2 is 2.00 bits per heavy atom. The van der Waals surface area contributed by atoms with Crippen molar-refractivity contribution in [3.63, 3.8) is 0 Å². The maximum atomic E-state index is 12.8. The van der Waals surface area contributed by atoms with Crippen LogP contribution in [0, 0.1) is 28.6 Å². The molecule has 5 atom stereocenters. The van der Waals surface area contributed by atoms with Crippen molar-refractivity contribution in [1.29, 1.82) is 5.26 Å². The third-order valence-electron chi connectivity index (χ3n) is 7.58. The van der Waals surface area contributed by atoms with Gasteiger partial charge >= 0.3 is 0 Å². The van der Waals surface area contributed by atoms with Crippen LogP contribution in [0.1, 0.15) is 58.3 Å². The van der Waals surface area contributed by atoms with Crippen LogP contribution in [0.3, 0.4) is 0 Å². The molecule has 1 saturated heterocycles. The number of carbonyl (C=O) groups is 1. The first-order valence-corrected chi connectivity index (χ1v) is 14.1. The number of nitrogens with zero attached hydrogens (tertiary/aromatic N) is 2. The molecule has 2 unspecified atom stereocenters. The molecule has 0 aromatic rings. The smallest absolute Gasteiger partial charge is 0.238 e. The molecule has 5 fully saturated rings. The predicted molar refractivity (Wildman–Crippen MR) is 118 cm³/mol. The summed E-state index contributed by atoms with van der Waals surface area (Å²) in [6, 6.07) is 1.92. The van der Waals surface area contributed by atoms with Crippen LogP contribution in [0.4, 0.5) is 0 Å². The summed E-state index contributed by atoms with van der Waals surface area (Å²) in [5, 5.41) is 12.9. The maximum Gasteiger partial charge on any atom is 0.238 e. The molecular weight excluding hydrogens is 420 g/mol. The minimum absolute atomic E-state index is 0.0108. The van der Waals surface area contributed by atoms with Crippen LogP contribution in [-0.2, 0) is 14.8 Å². The minimum atomic E-state index is -3.22. The lowest BCUT2D eigenvalue weighted by Crippen LogP contribution is -2.65. The molecule has 1 amide bonds. The lowest BCUT2D eigenvalue weighted by atomic mass is 9.47. The maximum absolute atomic E-state index is 12.8. The van der Waals surface area contributed by atoms with E-state index in [0.717, 1.165) is 38.5 Å². The Kier molecular flexibility index (Phi) is 6.42. The van der Waals surface area contributed by atoms with Crippen LogP contribution in [-0.4, -0.2) is 61.3 Å². The Bertz CT molecular complexity index is 796. The summed E-state index contributed by atoms with van der Waals surface area (Å²) >= 11 is 1.63. The second-order valence-electron chi connectivity index (χ2n) is 10.1. The molecule has 0 aromatic heterocycles. The number of rotatable bonds is 9. The average molecular weight is 455 g/mol. The van der Waals surface area contributed by atoms with Gasteiger partial charge in [-0.05, 0) is 62.2 Å². The van der Waals surface area contributed by atoms with Crippen molar-refractivity contribution < 1.29 is 13.2 Å². The van der Waals surface area contributed by atoms with Crippen LogP contribution in [0.2, 0.25) is 0 Å². The minimum Gasteiger partial charge on any atom is -0.315 e. The Hall–Kier alpha value is -0.820. The molecule has 1 heterocycles. The molecular formula is C21H34N4O3S2. The number of carbonyl (C=O) groups excluding carboxylic acids is 1. The van der Waals surface area contributed by atoms with Crippen molar-refractivity contribution in [2.45, 2.75) is 69.9 Å². The summed E-state index contributed by atoms with van der Waals surface area (Å²) in [6.07, 6.45) is 8.09. The third-order valence-corrected chi connectivity index (χ3v) is 10.0. The summed E-state index contributed by atoms with van der Waals surface area (Å²) < 4.78 is 27.7. The normalized spacial score (nSPS) is 37.5. The number of hydrogen-bond donors (Lipinski definition) is 2. The highest BCUT2D eigenvalue weighted by Crippen LogP contribution is 2.61. The quantitative estimate of drug-likeness (QED) is 0.553. The number of unbranched alkanes of at least 4 members (excludes halogenated alkanes) is 1. The van der Waals surface area contributed by atoms with Crippen LogP contribution in [0.25, 0.3) is 0 Å². The van der Waals surface area contributed by atoms with Gasteiger partial charge in [-0.3, -0.25) is 4.79 Å². The van der Waals surface area contributed by atoms with E-state index in [1.165, 1.54) is 6.42 Å². The summed E-state index contributed by atoms with van der Waals surface area (Å²) in [6.45, 7) is 2.81. The standard InChI is InChI=1S/C21H34N4O3S2/c1-2-3-4-30(27,28)24-14-20-6-16-5-17(7-20)9-21(8-16,13-20)23-11-19(26)25-15-29-12-18(25)10-22/h16-18,23-24H,2-9,11-15H2,1H3/t16-,17+,18-,20?,21?/m0/s1. The highest BCUT2D eigenvalue weighted by atomic mass is 32.2. The van der Waals surface area contributed by atoms with Gasteiger partial charge in [0.1, 0.15) is 6.04 Å². The molecule has 1 aliphatic heterocycles. The number of hydrogen-bond acceptors (Lipinski definition) is 6. The SMILES string of the molecule is CCCCS(=O)(=O)NCC12C[C@H]3C[C@@H](C1)CC(NCC(=O)N1CSC[C@@H]1C#N)(C3)C2. The first-order chi connectivity index (χ1) is 14.3. The van der Waals surface area contributed by atoms with Gasteiger partial charge in [0.05, 0.1) is 24.2 Å². The van der Waals surface area contributed by atoms with E-state index in [1.807, 2.05) is 6.92 Å².